The van der Waals surface area contributed by atoms with Crippen molar-refractivity contribution in [3.05, 3.63) is 87.8 Å². The molecule has 0 saturated heterocycles. The highest BCUT2D eigenvalue weighted by Gasteiger charge is 2.27. The summed E-state index contributed by atoms with van der Waals surface area (Å²) in [6, 6.07) is 13.0. The van der Waals surface area contributed by atoms with Crippen LogP contribution < -0.4 is 5.43 Å². The predicted molar refractivity (Wildman–Crippen MR) is 85.6 cm³/mol. The van der Waals surface area contributed by atoms with Gasteiger partial charge in [0.25, 0.3) is 0 Å². The molecule has 1 aliphatic carbocycles. The lowest BCUT2D eigenvalue weighted by Gasteiger charge is -2.15. The van der Waals surface area contributed by atoms with Crippen LogP contribution in [0.1, 0.15) is 26.3 Å². The number of Topliss-reactive ketones (excluding diaryl/α,β-unsaturated/α-hetero) is 1. The van der Waals surface area contributed by atoms with E-state index < -0.39 is 0 Å². The number of carbonyl (C=O) groups excluding carboxylic acids is 2. The molecule has 0 amide bonds. The Morgan fingerprint density at radius 1 is 0.739 bits per heavy atom. The SMILES string of the molecule is O=C1C=C(c2cccc3occc(=O)c23)C(=O)c2ccccc21. The molecule has 4 nitrogen and oxygen atoms in total. The van der Waals surface area contributed by atoms with Gasteiger partial charge < -0.3 is 4.42 Å². The number of fused-ring (bicyclic) bond motifs is 2. The summed E-state index contributed by atoms with van der Waals surface area (Å²) in [6.07, 6.45) is 2.61. The normalized spacial score (nSPS) is 13.8. The van der Waals surface area contributed by atoms with Gasteiger partial charge in [0, 0.05) is 28.3 Å². The Balaban J connectivity index is 2.02. The second-order valence-electron chi connectivity index (χ2n) is 5.26. The van der Waals surface area contributed by atoms with Gasteiger partial charge in [-0.3, -0.25) is 14.4 Å². The van der Waals surface area contributed by atoms with Crippen molar-refractivity contribution in [2.75, 3.05) is 0 Å². The van der Waals surface area contributed by atoms with E-state index in [0.29, 0.717) is 27.7 Å². The van der Waals surface area contributed by atoms with Crippen LogP contribution in [0.4, 0.5) is 0 Å². The molecule has 0 radical (unpaired) electrons. The molecule has 2 aromatic carbocycles. The van der Waals surface area contributed by atoms with E-state index in [4.69, 9.17) is 4.42 Å². The molecule has 0 spiro atoms. The summed E-state index contributed by atoms with van der Waals surface area (Å²) < 4.78 is 5.33. The first-order valence-corrected chi connectivity index (χ1v) is 7.07. The molecule has 1 heterocycles. The van der Waals surface area contributed by atoms with Gasteiger partial charge in [0.2, 0.25) is 0 Å². The number of benzene rings is 2. The maximum absolute atomic E-state index is 12.8. The zero-order chi connectivity index (χ0) is 16.0. The minimum absolute atomic E-state index is 0.220. The van der Waals surface area contributed by atoms with Crippen molar-refractivity contribution in [2.45, 2.75) is 0 Å². The molecule has 110 valence electrons. The fourth-order valence-corrected chi connectivity index (χ4v) is 2.88. The average Bonchev–Trinajstić information content (AvgIpc) is 2.58. The molecular weight excluding hydrogens is 292 g/mol. The van der Waals surface area contributed by atoms with Crippen LogP contribution in [0, 0.1) is 0 Å². The van der Waals surface area contributed by atoms with E-state index in [-0.39, 0.29) is 22.6 Å². The van der Waals surface area contributed by atoms with Crippen LogP contribution in [-0.4, -0.2) is 11.6 Å². The Labute approximate surface area is 130 Å². The van der Waals surface area contributed by atoms with Gasteiger partial charge in [0.15, 0.2) is 17.0 Å². The van der Waals surface area contributed by atoms with E-state index in [0.717, 1.165) is 0 Å². The zero-order valence-corrected chi connectivity index (χ0v) is 11.9. The van der Waals surface area contributed by atoms with Gasteiger partial charge in [0.1, 0.15) is 5.58 Å². The lowest BCUT2D eigenvalue weighted by atomic mass is 9.85. The van der Waals surface area contributed by atoms with E-state index in [9.17, 15) is 14.4 Å². The van der Waals surface area contributed by atoms with Crippen molar-refractivity contribution in [2.24, 2.45) is 0 Å². The third-order valence-electron chi connectivity index (χ3n) is 3.93. The molecule has 1 aliphatic rings. The Hall–Kier alpha value is -3.27. The molecule has 0 saturated carbocycles. The first kappa shape index (κ1) is 13.4. The molecule has 4 heteroatoms. The van der Waals surface area contributed by atoms with Crippen LogP contribution in [0.25, 0.3) is 16.5 Å². The van der Waals surface area contributed by atoms with E-state index in [1.807, 2.05) is 0 Å². The summed E-state index contributed by atoms with van der Waals surface area (Å²) in [5.74, 6) is -0.511. The summed E-state index contributed by atoms with van der Waals surface area (Å²) in [6.45, 7) is 0. The molecular formula is C19H10O4. The fraction of sp³-hybridized carbons (Fsp3) is 0. The Morgan fingerprint density at radius 3 is 2.30 bits per heavy atom. The van der Waals surface area contributed by atoms with Crippen LogP contribution >= 0.6 is 0 Å². The standard InChI is InChI=1S/C19H10O4/c20-15-8-9-23-17-7-3-6-12(18(15)17)14-10-16(21)11-4-1-2-5-13(11)19(14)22/h1-10H. The van der Waals surface area contributed by atoms with Crippen LogP contribution in [-0.2, 0) is 0 Å². The Kier molecular flexibility index (Phi) is 2.84. The molecule has 23 heavy (non-hydrogen) atoms. The third kappa shape index (κ3) is 1.96. The molecule has 0 atom stereocenters. The van der Waals surface area contributed by atoms with Crippen molar-refractivity contribution in [3.63, 3.8) is 0 Å². The van der Waals surface area contributed by atoms with Crippen molar-refractivity contribution >= 4 is 28.1 Å². The Morgan fingerprint density at radius 2 is 1.48 bits per heavy atom. The number of hydrogen-bond acceptors (Lipinski definition) is 4. The molecule has 3 aromatic rings. The predicted octanol–water partition coefficient (Wildman–Crippen LogP) is 3.26. The molecule has 0 N–H and O–H groups in total. The van der Waals surface area contributed by atoms with Crippen LogP contribution in [0.5, 0.6) is 0 Å². The van der Waals surface area contributed by atoms with Crippen LogP contribution in [0.3, 0.4) is 0 Å². The second-order valence-corrected chi connectivity index (χ2v) is 5.26. The van der Waals surface area contributed by atoms with Crippen LogP contribution in [0.15, 0.2) is 70.1 Å². The summed E-state index contributed by atoms with van der Waals surface area (Å²) in [5, 5.41) is 0.307. The monoisotopic (exact) mass is 302 g/mol. The zero-order valence-electron chi connectivity index (χ0n) is 11.9. The molecule has 1 aromatic heterocycles. The minimum Gasteiger partial charge on any atom is -0.464 e. The van der Waals surface area contributed by atoms with E-state index in [1.54, 1.807) is 42.5 Å². The lowest BCUT2D eigenvalue weighted by Crippen LogP contribution is -2.17. The largest absolute Gasteiger partial charge is 0.464 e. The first-order valence-electron chi connectivity index (χ1n) is 7.07. The summed E-state index contributed by atoms with van der Waals surface area (Å²) in [7, 11) is 0. The maximum Gasteiger partial charge on any atom is 0.194 e. The number of allylic oxidation sites excluding steroid dienone is 2. The minimum atomic E-state index is -0.268. The average molecular weight is 302 g/mol. The van der Waals surface area contributed by atoms with Crippen LogP contribution in [0.2, 0.25) is 0 Å². The van der Waals surface area contributed by atoms with E-state index in [2.05, 4.69) is 0 Å². The number of carbonyl (C=O) groups is 2. The van der Waals surface area contributed by atoms with Crippen molar-refractivity contribution < 1.29 is 14.0 Å². The van der Waals surface area contributed by atoms with Gasteiger partial charge in [-0.1, -0.05) is 36.4 Å². The molecule has 0 fully saturated rings. The third-order valence-corrected chi connectivity index (χ3v) is 3.93. The van der Waals surface area contributed by atoms with Gasteiger partial charge in [-0.05, 0) is 12.1 Å². The van der Waals surface area contributed by atoms with Crippen molar-refractivity contribution in [1.29, 1.82) is 0 Å². The highest BCUT2D eigenvalue weighted by Crippen LogP contribution is 2.30. The summed E-state index contributed by atoms with van der Waals surface area (Å²) in [4.78, 5) is 37.3. The van der Waals surface area contributed by atoms with Crippen molar-refractivity contribution in [3.8, 4) is 0 Å². The molecule has 0 bridgehead atoms. The molecule has 4 rings (SSSR count). The maximum atomic E-state index is 12.8. The molecule has 0 aliphatic heterocycles. The highest BCUT2D eigenvalue weighted by molar-refractivity contribution is 6.39. The van der Waals surface area contributed by atoms with E-state index >= 15 is 0 Å². The first-order chi connectivity index (χ1) is 11.2. The lowest BCUT2D eigenvalue weighted by molar-refractivity contribution is 0.100. The number of ketones is 2. The Bertz CT molecular complexity index is 1060. The van der Waals surface area contributed by atoms with Crippen molar-refractivity contribution in [1.82, 2.24) is 0 Å². The van der Waals surface area contributed by atoms with Gasteiger partial charge in [-0.2, -0.15) is 0 Å². The number of hydrogen-bond donors (Lipinski definition) is 0. The van der Waals surface area contributed by atoms with Gasteiger partial charge in [-0.15, -0.1) is 0 Å². The summed E-state index contributed by atoms with van der Waals surface area (Å²) in [5.41, 5.74) is 1.51. The molecule has 0 unspecified atom stereocenters. The summed E-state index contributed by atoms with van der Waals surface area (Å²) >= 11 is 0. The van der Waals surface area contributed by atoms with E-state index in [1.165, 1.54) is 18.4 Å². The smallest absolute Gasteiger partial charge is 0.194 e. The van der Waals surface area contributed by atoms with Gasteiger partial charge in [-0.25, -0.2) is 0 Å². The van der Waals surface area contributed by atoms with Gasteiger partial charge >= 0.3 is 0 Å². The second kappa shape index (κ2) is 4.88. The topological polar surface area (TPSA) is 64.3 Å². The highest BCUT2D eigenvalue weighted by atomic mass is 16.3. The fourth-order valence-electron chi connectivity index (χ4n) is 2.88. The van der Waals surface area contributed by atoms with Gasteiger partial charge in [0.05, 0.1) is 11.6 Å². The quantitative estimate of drug-likeness (QED) is 0.692. The number of rotatable bonds is 1.